The number of nitrogens with zero attached hydrogens (tertiary/aromatic N) is 1. The van der Waals surface area contributed by atoms with Gasteiger partial charge < -0.3 is 4.52 Å². The molecule has 0 aliphatic heterocycles. The summed E-state index contributed by atoms with van der Waals surface area (Å²) in [5.74, 6) is 0.913. The van der Waals surface area contributed by atoms with Crippen LogP contribution < -0.4 is 0 Å². The summed E-state index contributed by atoms with van der Waals surface area (Å²) in [7, 11) is -3.22. The standard InChI is InChI=1S/C21H19NO4S/c1-27(24,25)17-10-6-14(7-11-17)12-16-4-2-3-5-18(16)20(23)19-13-22-26-21(19)15-8-9-15/h2-7,10-11,13,15H,8-9,12H2,1H3. The SMILES string of the molecule is CS(=O)(=O)c1ccc(Cc2ccccc2C(=O)c2cnoc2C2CC2)cc1. The lowest BCUT2D eigenvalue weighted by Gasteiger charge is -2.09. The van der Waals surface area contributed by atoms with Crippen LogP contribution in [0.2, 0.25) is 0 Å². The number of carbonyl (C=O) groups is 1. The number of ketones is 1. The van der Waals surface area contributed by atoms with Crippen molar-refractivity contribution in [3.8, 4) is 0 Å². The molecule has 0 saturated heterocycles. The molecule has 0 amide bonds. The van der Waals surface area contributed by atoms with Gasteiger partial charge in [-0.1, -0.05) is 41.6 Å². The van der Waals surface area contributed by atoms with Crippen molar-refractivity contribution in [3.63, 3.8) is 0 Å². The molecule has 138 valence electrons. The summed E-state index contributed by atoms with van der Waals surface area (Å²) >= 11 is 0. The molecule has 0 radical (unpaired) electrons. The Bertz CT molecular complexity index is 1090. The Balaban J connectivity index is 1.63. The van der Waals surface area contributed by atoms with Gasteiger partial charge in [-0.15, -0.1) is 0 Å². The molecule has 1 saturated carbocycles. The normalized spacial score (nSPS) is 14.3. The maximum Gasteiger partial charge on any atom is 0.198 e. The molecule has 1 aliphatic carbocycles. The zero-order valence-electron chi connectivity index (χ0n) is 14.9. The highest BCUT2D eigenvalue weighted by Crippen LogP contribution is 2.42. The second-order valence-corrected chi connectivity index (χ2v) is 8.97. The first-order valence-electron chi connectivity index (χ1n) is 8.79. The average Bonchev–Trinajstić information content (AvgIpc) is 3.38. The van der Waals surface area contributed by atoms with E-state index in [1.54, 1.807) is 24.3 Å². The molecule has 0 N–H and O–H groups in total. The quantitative estimate of drug-likeness (QED) is 0.607. The molecular formula is C21H19NO4S. The highest BCUT2D eigenvalue weighted by Gasteiger charge is 2.33. The second-order valence-electron chi connectivity index (χ2n) is 6.96. The van der Waals surface area contributed by atoms with Crippen LogP contribution in [-0.2, 0) is 16.3 Å². The summed E-state index contributed by atoms with van der Waals surface area (Å²) in [6, 6.07) is 14.2. The Kier molecular flexibility index (Phi) is 4.44. The summed E-state index contributed by atoms with van der Waals surface area (Å²) in [6.45, 7) is 0. The Morgan fingerprint density at radius 2 is 1.78 bits per heavy atom. The molecule has 0 unspecified atom stereocenters. The highest BCUT2D eigenvalue weighted by molar-refractivity contribution is 7.90. The predicted octanol–water partition coefficient (Wildman–Crippen LogP) is 3.78. The number of sulfone groups is 1. The van der Waals surface area contributed by atoms with Gasteiger partial charge in [0.05, 0.1) is 16.7 Å². The fraction of sp³-hybridized carbons (Fsp3) is 0.238. The smallest absolute Gasteiger partial charge is 0.198 e. The molecule has 6 heteroatoms. The zero-order valence-corrected chi connectivity index (χ0v) is 15.7. The van der Waals surface area contributed by atoms with E-state index < -0.39 is 9.84 Å². The van der Waals surface area contributed by atoms with Gasteiger partial charge in [-0.3, -0.25) is 4.79 Å². The fourth-order valence-corrected chi connectivity index (χ4v) is 3.81. The monoisotopic (exact) mass is 381 g/mol. The Hall–Kier alpha value is -2.73. The summed E-state index contributed by atoms with van der Waals surface area (Å²) in [4.78, 5) is 13.4. The van der Waals surface area contributed by atoms with Crippen molar-refractivity contribution in [2.24, 2.45) is 0 Å². The van der Waals surface area contributed by atoms with Crippen LogP contribution >= 0.6 is 0 Å². The van der Waals surface area contributed by atoms with E-state index in [0.717, 1.165) is 24.0 Å². The van der Waals surface area contributed by atoms with Crippen LogP contribution in [0.5, 0.6) is 0 Å². The Labute approximate surface area is 157 Å². The number of hydrogen-bond acceptors (Lipinski definition) is 5. The first-order valence-corrected chi connectivity index (χ1v) is 10.7. The van der Waals surface area contributed by atoms with Crippen molar-refractivity contribution in [2.45, 2.75) is 30.1 Å². The third kappa shape index (κ3) is 3.71. The summed E-state index contributed by atoms with van der Waals surface area (Å²) in [5, 5.41) is 3.82. The molecule has 2 aromatic carbocycles. The largest absolute Gasteiger partial charge is 0.360 e. The zero-order chi connectivity index (χ0) is 19.0. The molecule has 5 nitrogen and oxygen atoms in total. The van der Waals surface area contributed by atoms with E-state index >= 15 is 0 Å². The minimum absolute atomic E-state index is 0.0819. The van der Waals surface area contributed by atoms with Gasteiger partial charge in [0, 0.05) is 17.7 Å². The highest BCUT2D eigenvalue weighted by atomic mass is 32.2. The molecule has 27 heavy (non-hydrogen) atoms. The van der Waals surface area contributed by atoms with Crippen LogP contribution in [0.3, 0.4) is 0 Å². The van der Waals surface area contributed by atoms with E-state index in [4.69, 9.17) is 4.52 Å². The number of benzene rings is 2. The van der Waals surface area contributed by atoms with Crippen molar-refractivity contribution in [3.05, 3.63) is 82.7 Å². The van der Waals surface area contributed by atoms with E-state index in [9.17, 15) is 13.2 Å². The third-order valence-corrected chi connectivity index (χ3v) is 5.93. The maximum absolute atomic E-state index is 13.1. The number of aromatic nitrogens is 1. The van der Waals surface area contributed by atoms with Crippen molar-refractivity contribution in [1.82, 2.24) is 5.16 Å². The van der Waals surface area contributed by atoms with E-state index in [-0.39, 0.29) is 10.7 Å². The van der Waals surface area contributed by atoms with Gasteiger partial charge in [0.2, 0.25) is 0 Å². The molecule has 1 fully saturated rings. The van der Waals surface area contributed by atoms with Crippen LogP contribution in [-0.4, -0.2) is 25.6 Å². The lowest BCUT2D eigenvalue weighted by atomic mass is 9.94. The van der Waals surface area contributed by atoms with Crippen LogP contribution in [0, 0.1) is 0 Å². The Morgan fingerprint density at radius 1 is 1.07 bits per heavy atom. The van der Waals surface area contributed by atoms with Crippen molar-refractivity contribution >= 4 is 15.6 Å². The molecule has 0 atom stereocenters. The maximum atomic E-state index is 13.1. The number of rotatable bonds is 6. The fourth-order valence-electron chi connectivity index (χ4n) is 3.17. The molecular weight excluding hydrogens is 362 g/mol. The lowest BCUT2D eigenvalue weighted by molar-refractivity contribution is 0.103. The molecule has 0 spiro atoms. The molecule has 3 aromatic rings. The van der Waals surface area contributed by atoms with Crippen LogP contribution in [0.15, 0.2) is 64.1 Å². The van der Waals surface area contributed by atoms with Gasteiger partial charge >= 0.3 is 0 Å². The van der Waals surface area contributed by atoms with E-state index in [1.165, 1.54) is 12.5 Å². The molecule has 1 aromatic heterocycles. The van der Waals surface area contributed by atoms with Gasteiger partial charge in [0.1, 0.15) is 0 Å². The van der Waals surface area contributed by atoms with Crippen molar-refractivity contribution in [2.75, 3.05) is 6.26 Å². The summed E-state index contributed by atoms with van der Waals surface area (Å²) in [6.07, 6.45) is 5.30. The van der Waals surface area contributed by atoms with Gasteiger partial charge in [0.15, 0.2) is 21.4 Å². The topological polar surface area (TPSA) is 77.2 Å². The lowest BCUT2D eigenvalue weighted by Crippen LogP contribution is -2.07. The first kappa shape index (κ1) is 17.7. The van der Waals surface area contributed by atoms with E-state index in [0.29, 0.717) is 29.2 Å². The molecule has 1 aliphatic rings. The van der Waals surface area contributed by atoms with Gasteiger partial charge in [-0.2, -0.15) is 0 Å². The number of carbonyl (C=O) groups excluding carboxylic acids is 1. The van der Waals surface area contributed by atoms with Crippen LogP contribution in [0.25, 0.3) is 0 Å². The van der Waals surface area contributed by atoms with Gasteiger partial charge in [0.25, 0.3) is 0 Å². The summed E-state index contributed by atoms with van der Waals surface area (Å²) in [5.41, 5.74) is 2.99. The molecule has 4 rings (SSSR count). The van der Waals surface area contributed by atoms with E-state index in [1.807, 2.05) is 24.3 Å². The molecule has 1 heterocycles. The average molecular weight is 381 g/mol. The minimum Gasteiger partial charge on any atom is -0.360 e. The van der Waals surface area contributed by atoms with Crippen LogP contribution in [0.1, 0.15) is 51.6 Å². The summed E-state index contributed by atoms with van der Waals surface area (Å²) < 4.78 is 28.5. The number of hydrogen-bond donors (Lipinski definition) is 0. The second kappa shape index (κ2) is 6.78. The third-order valence-electron chi connectivity index (χ3n) is 4.80. The van der Waals surface area contributed by atoms with Crippen LogP contribution in [0.4, 0.5) is 0 Å². The van der Waals surface area contributed by atoms with Crippen molar-refractivity contribution < 1.29 is 17.7 Å². The Morgan fingerprint density at radius 3 is 2.44 bits per heavy atom. The first-order chi connectivity index (χ1) is 12.9. The van der Waals surface area contributed by atoms with E-state index in [2.05, 4.69) is 5.16 Å². The van der Waals surface area contributed by atoms with Crippen molar-refractivity contribution in [1.29, 1.82) is 0 Å². The minimum atomic E-state index is -3.22. The molecule has 0 bridgehead atoms. The predicted molar refractivity (Wildman–Crippen MR) is 101 cm³/mol. The van der Waals surface area contributed by atoms with Gasteiger partial charge in [-0.05, 0) is 42.5 Å². The van der Waals surface area contributed by atoms with Gasteiger partial charge in [-0.25, -0.2) is 8.42 Å².